The van der Waals surface area contributed by atoms with E-state index in [0.29, 0.717) is 16.9 Å². The van der Waals surface area contributed by atoms with E-state index >= 15 is 0 Å². The van der Waals surface area contributed by atoms with E-state index in [1.165, 1.54) is 0 Å². The van der Waals surface area contributed by atoms with Gasteiger partial charge in [0.2, 0.25) is 5.91 Å². The lowest BCUT2D eigenvalue weighted by molar-refractivity contribution is -0.115. The van der Waals surface area contributed by atoms with Gasteiger partial charge in [-0.05, 0) is 35.9 Å². The van der Waals surface area contributed by atoms with E-state index in [-0.39, 0.29) is 30.6 Å². The number of benzene rings is 2. The van der Waals surface area contributed by atoms with Gasteiger partial charge in [0.1, 0.15) is 0 Å². The summed E-state index contributed by atoms with van der Waals surface area (Å²) < 4.78 is 0. The van der Waals surface area contributed by atoms with E-state index in [9.17, 15) is 9.59 Å². The monoisotopic (exact) mass is 391 g/mol. The second-order valence-corrected chi connectivity index (χ2v) is 7.18. The molecule has 26 heavy (non-hydrogen) atoms. The summed E-state index contributed by atoms with van der Waals surface area (Å²) in [5.41, 5.74) is 8.46. The van der Waals surface area contributed by atoms with Crippen molar-refractivity contribution in [1.29, 1.82) is 0 Å². The maximum absolute atomic E-state index is 12.6. The van der Waals surface area contributed by atoms with Gasteiger partial charge in [-0.3, -0.25) is 9.59 Å². The highest BCUT2D eigenvalue weighted by Crippen LogP contribution is 2.17. The summed E-state index contributed by atoms with van der Waals surface area (Å²) >= 11 is 1.87. The Hall–Kier alpha value is -2.18. The van der Waals surface area contributed by atoms with Gasteiger partial charge in [0.15, 0.2) is 0 Å². The molecule has 1 aliphatic rings. The third-order valence-electron chi connectivity index (χ3n) is 4.04. The molecule has 1 saturated heterocycles. The molecular weight excluding hydrogens is 370 g/mol. The van der Waals surface area contributed by atoms with Crippen LogP contribution in [0.2, 0.25) is 0 Å². The fourth-order valence-electron chi connectivity index (χ4n) is 2.71. The molecule has 0 radical (unpaired) electrons. The van der Waals surface area contributed by atoms with Crippen LogP contribution < -0.4 is 11.1 Å². The molecule has 2 amide bonds. The Kier molecular flexibility index (Phi) is 7.36. The molecule has 0 bridgehead atoms. The number of nitrogens with two attached hydrogens (primary N) is 1. The highest BCUT2D eigenvalue weighted by atomic mass is 35.5. The van der Waals surface area contributed by atoms with Crippen molar-refractivity contribution in [2.75, 3.05) is 35.6 Å². The van der Waals surface area contributed by atoms with Crippen LogP contribution in [-0.2, 0) is 11.2 Å². The van der Waals surface area contributed by atoms with Gasteiger partial charge in [0.25, 0.3) is 5.91 Å². The smallest absolute Gasteiger partial charge is 0.253 e. The number of halogens is 1. The van der Waals surface area contributed by atoms with Crippen LogP contribution in [0.4, 0.5) is 11.4 Å². The molecule has 0 aliphatic carbocycles. The van der Waals surface area contributed by atoms with E-state index in [1.807, 2.05) is 28.8 Å². The van der Waals surface area contributed by atoms with Crippen LogP contribution in [0.15, 0.2) is 48.5 Å². The number of nitrogens with zero attached hydrogens (tertiary/aromatic N) is 1. The number of thioether (sulfide) groups is 1. The first-order chi connectivity index (χ1) is 12.1. The molecule has 0 aromatic heterocycles. The van der Waals surface area contributed by atoms with Gasteiger partial charge in [0, 0.05) is 41.5 Å². The average Bonchev–Trinajstić information content (AvgIpc) is 2.64. The Bertz CT molecular complexity index is 762. The molecule has 0 spiro atoms. The second kappa shape index (κ2) is 9.50. The summed E-state index contributed by atoms with van der Waals surface area (Å²) in [6.45, 7) is 1.55. The number of hydrogen-bond acceptors (Lipinski definition) is 4. The number of amides is 2. The normalized spacial score (nSPS) is 13.6. The fraction of sp³-hybridized carbons (Fsp3) is 0.263. The predicted octanol–water partition coefficient (Wildman–Crippen LogP) is 3.06. The molecule has 5 nitrogen and oxygen atoms in total. The number of nitrogen functional groups attached to an aromatic ring is 1. The van der Waals surface area contributed by atoms with Gasteiger partial charge < -0.3 is 16.0 Å². The fourth-order valence-corrected chi connectivity index (χ4v) is 3.61. The van der Waals surface area contributed by atoms with Gasteiger partial charge >= 0.3 is 0 Å². The Labute approximate surface area is 163 Å². The van der Waals surface area contributed by atoms with Crippen LogP contribution in [0.25, 0.3) is 0 Å². The first-order valence-electron chi connectivity index (χ1n) is 8.23. The van der Waals surface area contributed by atoms with Crippen LogP contribution in [0.5, 0.6) is 0 Å². The minimum absolute atomic E-state index is 0. The molecule has 1 fully saturated rings. The number of nitrogens with one attached hydrogen (secondary N) is 1. The van der Waals surface area contributed by atoms with Crippen LogP contribution in [-0.4, -0.2) is 41.3 Å². The summed E-state index contributed by atoms with van der Waals surface area (Å²) in [6, 6.07) is 14.4. The van der Waals surface area contributed by atoms with E-state index in [4.69, 9.17) is 5.73 Å². The van der Waals surface area contributed by atoms with Gasteiger partial charge in [-0.25, -0.2) is 0 Å². The molecule has 1 aliphatic heterocycles. The zero-order valence-corrected chi connectivity index (χ0v) is 15.9. The summed E-state index contributed by atoms with van der Waals surface area (Å²) in [5.74, 6) is 1.85. The van der Waals surface area contributed by atoms with E-state index < -0.39 is 0 Å². The van der Waals surface area contributed by atoms with Crippen molar-refractivity contribution in [2.45, 2.75) is 6.42 Å². The number of anilines is 2. The lowest BCUT2D eigenvalue weighted by Crippen LogP contribution is -2.37. The van der Waals surface area contributed by atoms with Crippen molar-refractivity contribution in [3.8, 4) is 0 Å². The second-order valence-electron chi connectivity index (χ2n) is 5.95. The van der Waals surface area contributed by atoms with Gasteiger partial charge in [0.05, 0.1) is 6.42 Å². The Morgan fingerprint density at radius 2 is 1.77 bits per heavy atom. The van der Waals surface area contributed by atoms with Crippen molar-refractivity contribution >= 4 is 47.4 Å². The molecule has 0 atom stereocenters. The van der Waals surface area contributed by atoms with Crippen molar-refractivity contribution in [3.63, 3.8) is 0 Å². The molecule has 0 unspecified atom stereocenters. The van der Waals surface area contributed by atoms with Gasteiger partial charge in [-0.1, -0.05) is 18.2 Å². The molecule has 1 heterocycles. The highest BCUT2D eigenvalue weighted by molar-refractivity contribution is 7.99. The van der Waals surface area contributed by atoms with Crippen LogP contribution in [0.1, 0.15) is 15.9 Å². The van der Waals surface area contributed by atoms with Crippen LogP contribution in [0, 0.1) is 0 Å². The van der Waals surface area contributed by atoms with Crippen LogP contribution >= 0.6 is 24.2 Å². The average molecular weight is 392 g/mol. The molecule has 138 valence electrons. The summed E-state index contributed by atoms with van der Waals surface area (Å²) in [4.78, 5) is 26.6. The van der Waals surface area contributed by atoms with Crippen molar-refractivity contribution in [2.24, 2.45) is 0 Å². The molecule has 2 aromatic carbocycles. The number of rotatable bonds is 4. The zero-order chi connectivity index (χ0) is 17.6. The molecule has 3 rings (SSSR count). The van der Waals surface area contributed by atoms with Gasteiger partial charge in [-0.15, -0.1) is 12.4 Å². The number of carbonyl (C=O) groups excluding carboxylic acids is 2. The Morgan fingerprint density at radius 3 is 2.46 bits per heavy atom. The predicted molar refractivity (Wildman–Crippen MR) is 110 cm³/mol. The quantitative estimate of drug-likeness (QED) is 0.785. The molecular formula is C19H22ClN3O2S. The minimum atomic E-state index is -0.122. The summed E-state index contributed by atoms with van der Waals surface area (Å²) in [7, 11) is 0. The zero-order valence-electron chi connectivity index (χ0n) is 14.3. The highest BCUT2D eigenvalue weighted by Gasteiger charge is 2.18. The largest absolute Gasteiger partial charge is 0.399 e. The maximum Gasteiger partial charge on any atom is 0.253 e. The lowest BCUT2D eigenvalue weighted by Gasteiger charge is -2.26. The van der Waals surface area contributed by atoms with Crippen molar-refractivity contribution in [1.82, 2.24) is 4.90 Å². The van der Waals surface area contributed by atoms with Crippen molar-refractivity contribution < 1.29 is 9.59 Å². The number of hydrogen-bond donors (Lipinski definition) is 2. The summed E-state index contributed by atoms with van der Waals surface area (Å²) in [6.07, 6.45) is 0.266. The first-order valence-corrected chi connectivity index (χ1v) is 9.38. The van der Waals surface area contributed by atoms with Crippen molar-refractivity contribution in [3.05, 3.63) is 59.7 Å². The topological polar surface area (TPSA) is 75.4 Å². The van der Waals surface area contributed by atoms with E-state index in [2.05, 4.69) is 5.32 Å². The van der Waals surface area contributed by atoms with Crippen LogP contribution in [0.3, 0.4) is 0 Å². The van der Waals surface area contributed by atoms with E-state index in [1.54, 1.807) is 36.4 Å². The molecule has 0 saturated carbocycles. The molecule has 3 N–H and O–H groups in total. The molecule has 2 aromatic rings. The summed E-state index contributed by atoms with van der Waals surface area (Å²) in [5, 5.41) is 2.86. The minimum Gasteiger partial charge on any atom is -0.399 e. The maximum atomic E-state index is 12.6. The Morgan fingerprint density at radius 1 is 1.08 bits per heavy atom. The SMILES string of the molecule is Cl.Nc1ccc(CC(=O)Nc2cccc(C(=O)N3CCSCC3)c2)cc1. The van der Waals surface area contributed by atoms with E-state index in [0.717, 1.165) is 30.2 Å². The standard InChI is InChI=1S/C19H21N3O2S.ClH/c20-16-6-4-14(5-7-16)12-18(23)21-17-3-1-2-15(13-17)19(24)22-8-10-25-11-9-22;/h1-7,13H,8-12,20H2,(H,21,23);1H. The molecule has 7 heteroatoms. The first kappa shape index (κ1) is 20.1. The third kappa shape index (κ3) is 5.41. The lowest BCUT2D eigenvalue weighted by atomic mass is 10.1. The third-order valence-corrected chi connectivity index (χ3v) is 4.98. The Balaban J connectivity index is 0.00000243. The van der Waals surface area contributed by atoms with Gasteiger partial charge in [-0.2, -0.15) is 11.8 Å². The number of carbonyl (C=O) groups is 2.